The molecule has 0 spiro atoms. The minimum atomic E-state index is -0.0226. The summed E-state index contributed by atoms with van der Waals surface area (Å²) in [6.07, 6.45) is 5.58. The Morgan fingerprint density at radius 2 is 2.26 bits per heavy atom. The summed E-state index contributed by atoms with van der Waals surface area (Å²) in [6.45, 7) is 3.27. The Bertz CT molecular complexity index is 680. The normalized spacial score (nSPS) is 20.6. The van der Waals surface area contributed by atoms with Crippen LogP contribution in [0.1, 0.15) is 25.3 Å². The van der Waals surface area contributed by atoms with Gasteiger partial charge in [-0.2, -0.15) is 5.10 Å². The summed E-state index contributed by atoms with van der Waals surface area (Å²) in [5.74, 6) is 0.0703. The number of nitrogens with zero attached hydrogens (tertiary/aromatic N) is 2. The zero-order valence-electron chi connectivity index (χ0n) is 13.7. The number of rotatable bonds is 5. The molecule has 1 aliphatic rings. The maximum Gasteiger partial charge on any atom is 0.226 e. The number of ether oxygens (including phenoxy) is 1. The number of aryl methyl sites for hydroxylation is 1. The Kier molecular flexibility index (Phi) is 4.76. The average Bonchev–Trinajstić information content (AvgIpc) is 3.21. The van der Waals surface area contributed by atoms with Gasteiger partial charge in [-0.15, -0.1) is 0 Å². The first kappa shape index (κ1) is 15.7. The largest absolute Gasteiger partial charge is 0.377 e. The van der Waals surface area contributed by atoms with Crippen molar-refractivity contribution < 1.29 is 9.53 Å². The zero-order valence-corrected chi connectivity index (χ0v) is 13.7. The predicted octanol–water partition coefficient (Wildman–Crippen LogP) is 2.52. The van der Waals surface area contributed by atoms with Crippen molar-refractivity contribution in [1.29, 1.82) is 0 Å². The van der Waals surface area contributed by atoms with E-state index in [-0.39, 0.29) is 17.9 Å². The smallest absolute Gasteiger partial charge is 0.226 e. The van der Waals surface area contributed by atoms with Gasteiger partial charge in [0.05, 0.1) is 18.2 Å². The fourth-order valence-corrected chi connectivity index (χ4v) is 3.18. The summed E-state index contributed by atoms with van der Waals surface area (Å²) in [7, 11) is 1.90. The number of aromatic nitrogens is 2. The van der Waals surface area contributed by atoms with Crippen LogP contribution in [0.4, 0.5) is 0 Å². The molecule has 1 fully saturated rings. The third-order valence-corrected chi connectivity index (χ3v) is 4.44. The van der Waals surface area contributed by atoms with Crippen LogP contribution in [0.5, 0.6) is 0 Å². The predicted molar refractivity (Wildman–Crippen MR) is 88.6 cm³/mol. The van der Waals surface area contributed by atoms with E-state index in [4.69, 9.17) is 4.74 Å². The second kappa shape index (κ2) is 6.96. The minimum Gasteiger partial charge on any atom is -0.377 e. The van der Waals surface area contributed by atoms with E-state index < -0.39 is 0 Å². The number of carbonyl (C=O) groups excluding carboxylic acids is 1. The molecule has 1 aromatic carbocycles. The van der Waals surface area contributed by atoms with Crippen molar-refractivity contribution in [2.75, 3.05) is 6.61 Å². The molecular formula is C18H23N3O2. The summed E-state index contributed by atoms with van der Waals surface area (Å²) in [4.78, 5) is 12.4. The number of hydrogen-bond donors (Lipinski definition) is 1. The van der Waals surface area contributed by atoms with Crippen LogP contribution in [-0.2, 0) is 23.1 Å². The lowest BCUT2D eigenvalue weighted by Gasteiger charge is -2.17. The van der Waals surface area contributed by atoms with Gasteiger partial charge in [0.2, 0.25) is 5.91 Å². The van der Waals surface area contributed by atoms with Crippen molar-refractivity contribution in [3.05, 3.63) is 42.2 Å². The van der Waals surface area contributed by atoms with E-state index in [0.29, 0.717) is 13.2 Å². The molecule has 0 aliphatic carbocycles. The van der Waals surface area contributed by atoms with Crippen LogP contribution in [0.3, 0.4) is 0 Å². The Hall–Kier alpha value is -2.14. The lowest BCUT2D eigenvalue weighted by Crippen LogP contribution is -2.34. The van der Waals surface area contributed by atoms with Crippen molar-refractivity contribution in [2.24, 2.45) is 13.0 Å². The van der Waals surface area contributed by atoms with Crippen LogP contribution in [-0.4, -0.2) is 28.4 Å². The second-order valence-corrected chi connectivity index (χ2v) is 5.99. The summed E-state index contributed by atoms with van der Waals surface area (Å²) in [5.41, 5.74) is 3.27. The first-order valence-electron chi connectivity index (χ1n) is 8.15. The molecule has 5 nitrogen and oxygen atoms in total. The van der Waals surface area contributed by atoms with Gasteiger partial charge in [0.1, 0.15) is 0 Å². The topological polar surface area (TPSA) is 56.1 Å². The second-order valence-electron chi connectivity index (χ2n) is 5.99. The number of benzene rings is 1. The molecule has 1 aromatic heterocycles. The Labute approximate surface area is 136 Å². The summed E-state index contributed by atoms with van der Waals surface area (Å²) in [5, 5.41) is 7.30. The van der Waals surface area contributed by atoms with Crippen molar-refractivity contribution in [1.82, 2.24) is 15.1 Å². The van der Waals surface area contributed by atoms with E-state index in [1.165, 1.54) is 0 Å². The molecular weight excluding hydrogens is 290 g/mol. The van der Waals surface area contributed by atoms with E-state index in [2.05, 4.69) is 23.4 Å². The molecule has 23 heavy (non-hydrogen) atoms. The van der Waals surface area contributed by atoms with E-state index >= 15 is 0 Å². The maximum absolute atomic E-state index is 12.4. The standard InChI is InChI=1S/C18H23N3O2/c1-3-17-16(8-9-23-17)18(22)19-10-13-6-4-5-7-15(13)14-11-20-21(2)12-14/h4-7,11-12,16-17H,3,8-10H2,1-2H3,(H,19,22)/t16-,17+/m1/s1. The number of nitrogens with one attached hydrogen (secondary N) is 1. The van der Waals surface area contributed by atoms with Crippen molar-refractivity contribution in [3.63, 3.8) is 0 Å². The van der Waals surface area contributed by atoms with E-state index in [1.807, 2.05) is 37.6 Å². The van der Waals surface area contributed by atoms with Gasteiger partial charge < -0.3 is 10.1 Å². The van der Waals surface area contributed by atoms with Gasteiger partial charge in [0.25, 0.3) is 0 Å². The third kappa shape index (κ3) is 3.45. The van der Waals surface area contributed by atoms with Crippen LogP contribution in [0.25, 0.3) is 11.1 Å². The van der Waals surface area contributed by atoms with Crippen LogP contribution >= 0.6 is 0 Å². The summed E-state index contributed by atoms with van der Waals surface area (Å²) >= 11 is 0. The molecule has 0 saturated carbocycles. The molecule has 1 aliphatic heterocycles. The molecule has 2 heterocycles. The highest BCUT2D eigenvalue weighted by molar-refractivity contribution is 5.80. The van der Waals surface area contributed by atoms with Crippen LogP contribution in [0.15, 0.2) is 36.7 Å². The molecule has 1 saturated heterocycles. The minimum absolute atomic E-state index is 0.0226. The quantitative estimate of drug-likeness (QED) is 0.923. The Morgan fingerprint density at radius 3 is 3.00 bits per heavy atom. The van der Waals surface area contributed by atoms with Crippen LogP contribution < -0.4 is 5.32 Å². The van der Waals surface area contributed by atoms with Gasteiger partial charge in [0.15, 0.2) is 0 Å². The molecule has 2 aromatic rings. The molecule has 3 rings (SSSR count). The van der Waals surface area contributed by atoms with Gasteiger partial charge in [-0.05, 0) is 24.0 Å². The number of carbonyl (C=O) groups is 1. The van der Waals surface area contributed by atoms with Gasteiger partial charge in [0, 0.05) is 32.0 Å². The van der Waals surface area contributed by atoms with Gasteiger partial charge in [-0.25, -0.2) is 0 Å². The van der Waals surface area contributed by atoms with E-state index in [9.17, 15) is 4.79 Å². The van der Waals surface area contributed by atoms with Gasteiger partial charge >= 0.3 is 0 Å². The fourth-order valence-electron chi connectivity index (χ4n) is 3.18. The summed E-state index contributed by atoms with van der Waals surface area (Å²) < 4.78 is 7.40. The molecule has 5 heteroatoms. The average molecular weight is 313 g/mol. The lowest BCUT2D eigenvalue weighted by atomic mass is 9.98. The molecule has 2 atom stereocenters. The van der Waals surface area contributed by atoms with Crippen LogP contribution in [0, 0.1) is 5.92 Å². The maximum atomic E-state index is 12.4. The highest BCUT2D eigenvalue weighted by atomic mass is 16.5. The van der Waals surface area contributed by atoms with E-state index in [0.717, 1.165) is 29.5 Å². The van der Waals surface area contributed by atoms with Crippen LogP contribution in [0.2, 0.25) is 0 Å². The highest BCUT2D eigenvalue weighted by Gasteiger charge is 2.32. The first-order valence-corrected chi connectivity index (χ1v) is 8.15. The first-order chi connectivity index (χ1) is 11.2. The molecule has 1 amide bonds. The number of amides is 1. The zero-order chi connectivity index (χ0) is 16.2. The summed E-state index contributed by atoms with van der Waals surface area (Å²) in [6, 6.07) is 8.11. The molecule has 0 radical (unpaired) electrons. The monoisotopic (exact) mass is 313 g/mol. The fraction of sp³-hybridized carbons (Fsp3) is 0.444. The number of hydrogen-bond acceptors (Lipinski definition) is 3. The molecule has 0 bridgehead atoms. The lowest BCUT2D eigenvalue weighted by molar-refractivity contribution is -0.126. The highest BCUT2D eigenvalue weighted by Crippen LogP contribution is 2.25. The van der Waals surface area contributed by atoms with Crippen molar-refractivity contribution >= 4 is 5.91 Å². The molecule has 1 N–H and O–H groups in total. The Balaban J connectivity index is 1.70. The van der Waals surface area contributed by atoms with E-state index in [1.54, 1.807) is 4.68 Å². The SMILES string of the molecule is CC[C@@H]1OCC[C@H]1C(=O)NCc1ccccc1-c1cnn(C)c1. The van der Waals surface area contributed by atoms with Gasteiger partial charge in [-0.1, -0.05) is 31.2 Å². The molecule has 122 valence electrons. The van der Waals surface area contributed by atoms with Crippen molar-refractivity contribution in [2.45, 2.75) is 32.4 Å². The van der Waals surface area contributed by atoms with Crippen molar-refractivity contribution in [3.8, 4) is 11.1 Å². The van der Waals surface area contributed by atoms with Gasteiger partial charge in [-0.3, -0.25) is 9.48 Å². The third-order valence-electron chi connectivity index (χ3n) is 4.44. The molecule has 0 unspecified atom stereocenters. The Morgan fingerprint density at radius 1 is 1.43 bits per heavy atom.